The molecule has 0 unspecified atom stereocenters. The molecule has 0 saturated carbocycles. The Morgan fingerprint density at radius 1 is 0.731 bits per heavy atom. The number of carbonyl (C=O) groups excluding carboxylic acids is 1. The van der Waals surface area contributed by atoms with E-state index in [1.54, 1.807) is 0 Å². The van der Waals surface area contributed by atoms with Crippen LogP contribution in [0.3, 0.4) is 0 Å². The van der Waals surface area contributed by atoms with E-state index in [1.807, 2.05) is 0 Å². The molecule has 0 aromatic heterocycles. The van der Waals surface area contributed by atoms with Gasteiger partial charge in [0.15, 0.2) is 0 Å². The van der Waals surface area contributed by atoms with Crippen LogP contribution in [0.15, 0.2) is 91.0 Å². The molecule has 0 aliphatic heterocycles. The number of carbonyl (C=O) groups is 1. The maximum atomic E-state index is 11.7. The molecule has 3 aromatic carbocycles. The van der Waals surface area contributed by atoms with E-state index >= 15 is 0 Å². The Morgan fingerprint density at radius 3 is 1.46 bits per heavy atom. The third-order valence-electron chi connectivity index (χ3n) is 4.92. The summed E-state index contributed by atoms with van der Waals surface area (Å²) in [5.74, 6) is 5.18. The summed E-state index contributed by atoms with van der Waals surface area (Å²) in [5.41, 5.74) is 2.25. The van der Waals surface area contributed by atoms with Crippen LogP contribution in [0.1, 0.15) is 12.8 Å². The molecule has 0 bridgehead atoms. The van der Waals surface area contributed by atoms with Gasteiger partial charge in [0, 0.05) is 0 Å². The number of nitrogens with one attached hydrogen (secondary N) is 1. The van der Waals surface area contributed by atoms with Crippen molar-refractivity contribution in [3.63, 3.8) is 0 Å². The molecule has 3 nitrogen and oxygen atoms in total. The Labute approximate surface area is 159 Å². The van der Waals surface area contributed by atoms with Crippen LogP contribution in [0.4, 0.5) is 0 Å². The van der Waals surface area contributed by atoms with E-state index in [0.717, 1.165) is 10.9 Å². The number of nitrogens with two attached hydrogens (primary N) is 1. The molecule has 132 valence electrons. The standard InChI is InChI=1S/3C6H5.C4H9N2O.Sn/c3*1-2-4-6-5-3-1;1-2-3-4(7)6-5;/h3*1-5H;1-3,5H2,(H,6,7);. The van der Waals surface area contributed by atoms with Gasteiger partial charge in [0.25, 0.3) is 0 Å². The minimum atomic E-state index is -3.21. The van der Waals surface area contributed by atoms with Gasteiger partial charge in [-0.2, -0.15) is 0 Å². The predicted molar refractivity (Wildman–Crippen MR) is 110 cm³/mol. The average Bonchev–Trinajstić information content (AvgIpc) is 2.73. The fraction of sp³-hybridized carbons (Fsp3) is 0.136. The topological polar surface area (TPSA) is 55.1 Å². The van der Waals surface area contributed by atoms with E-state index in [2.05, 4.69) is 96.4 Å². The Hall–Kier alpha value is -2.11. The second-order valence-corrected chi connectivity index (χ2v) is 18.0. The molecular formula is C22H24N2OSn. The van der Waals surface area contributed by atoms with Crippen molar-refractivity contribution >= 4 is 35.0 Å². The van der Waals surface area contributed by atoms with Gasteiger partial charge < -0.3 is 0 Å². The van der Waals surface area contributed by atoms with Crippen molar-refractivity contribution in [1.82, 2.24) is 5.43 Å². The van der Waals surface area contributed by atoms with E-state index in [0.29, 0.717) is 6.42 Å². The van der Waals surface area contributed by atoms with Crippen LogP contribution >= 0.6 is 0 Å². The third kappa shape index (κ3) is 4.00. The van der Waals surface area contributed by atoms with E-state index in [4.69, 9.17) is 5.84 Å². The van der Waals surface area contributed by atoms with Crippen LogP contribution < -0.4 is 22.0 Å². The van der Waals surface area contributed by atoms with Crippen LogP contribution in [-0.2, 0) is 4.79 Å². The van der Waals surface area contributed by atoms with E-state index < -0.39 is 18.4 Å². The van der Waals surface area contributed by atoms with Crippen LogP contribution in [0.25, 0.3) is 0 Å². The van der Waals surface area contributed by atoms with Crippen molar-refractivity contribution in [2.45, 2.75) is 17.3 Å². The van der Waals surface area contributed by atoms with Crippen molar-refractivity contribution in [3.05, 3.63) is 91.0 Å². The second-order valence-electron chi connectivity index (χ2n) is 6.42. The fourth-order valence-electron chi connectivity index (χ4n) is 3.69. The molecule has 0 heterocycles. The number of amides is 1. The molecule has 0 aliphatic rings. The minimum absolute atomic E-state index is 0.0978. The maximum absolute atomic E-state index is 11.7. The monoisotopic (exact) mass is 452 g/mol. The first kappa shape index (κ1) is 18.7. The zero-order valence-corrected chi connectivity index (χ0v) is 17.6. The van der Waals surface area contributed by atoms with Gasteiger partial charge >= 0.3 is 159 Å². The van der Waals surface area contributed by atoms with Gasteiger partial charge in [-0.05, 0) is 0 Å². The molecule has 0 fully saturated rings. The first-order valence-electron chi connectivity index (χ1n) is 8.93. The summed E-state index contributed by atoms with van der Waals surface area (Å²) in [6.07, 6.45) is 1.29. The first-order chi connectivity index (χ1) is 12.8. The van der Waals surface area contributed by atoms with Crippen molar-refractivity contribution in [2.75, 3.05) is 0 Å². The second kappa shape index (κ2) is 9.01. The summed E-state index contributed by atoms with van der Waals surface area (Å²) in [5, 5.41) is 0. The molecule has 0 saturated heterocycles. The fourth-order valence-corrected chi connectivity index (χ4v) is 17.6. The molecule has 4 heteroatoms. The zero-order valence-electron chi connectivity index (χ0n) is 14.8. The van der Waals surface area contributed by atoms with Gasteiger partial charge in [-0.1, -0.05) is 0 Å². The predicted octanol–water partition coefficient (Wildman–Crippen LogP) is 1.93. The molecular weight excluding hydrogens is 427 g/mol. The molecule has 3 N–H and O–H groups in total. The normalized spacial score (nSPS) is 11.1. The molecule has 0 radical (unpaired) electrons. The SMILES string of the molecule is NNC(=O)CC[CH2][Sn]([c]1ccccc1)([c]1ccccc1)[c]1ccccc1. The quantitative estimate of drug-likeness (QED) is 0.250. The van der Waals surface area contributed by atoms with Crippen molar-refractivity contribution in [1.29, 1.82) is 0 Å². The molecule has 3 rings (SSSR count). The van der Waals surface area contributed by atoms with Gasteiger partial charge in [-0.15, -0.1) is 0 Å². The van der Waals surface area contributed by atoms with Crippen LogP contribution in [0, 0.1) is 0 Å². The van der Waals surface area contributed by atoms with Gasteiger partial charge in [0.2, 0.25) is 0 Å². The van der Waals surface area contributed by atoms with E-state index in [9.17, 15) is 4.79 Å². The van der Waals surface area contributed by atoms with Gasteiger partial charge in [-0.3, -0.25) is 0 Å². The Bertz CT molecular complexity index is 726. The number of rotatable bonds is 7. The summed E-state index contributed by atoms with van der Waals surface area (Å²) in [6, 6.07) is 32.5. The Morgan fingerprint density at radius 2 is 1.12 bits per heavy atom. The Kier molecular flexibility index (Phi) is 6.47. The molecule has 0 spiro atoms. The number of hydrazine groups is 1. The van der Waals surface area contributed by atoms with Gasteiger partial charge in [0.05, 0.1) is 0 Å². The van der Waals surface area contributed by atoms with Crippen LogP contribution in [0.5, 0.6) is 0 Å². The molecule has 1 amide bonds. The summed E-state index contributed by atoms with van der Waals surface area (Å²) in [4.78, 5) is 11.7. The molecule has 0 atom stereocenters. The summed E-state index contributed by atoms with van der Waals surface area (Å²) in [7, 11) is 0. The third-order valence-corrected chi connectivity index (χ3v) is 19.4. The number of benzene rings is 3. The summed E-state index contributed by atoms with van der Waals surface area (Å²) in [6.45, 7) is 0. The van der Waals surface area contributed by atoms with Crippen molar-refractivity contribution < 1.29 is 4.79 Å². The van der Waals surface area contributed by atoms with Crippen LogP contribution in [-0.4, -0.2) is 24.3 Å². The first-order valence-corrected chi connectivity index (χ1v) is 15.2. The molecule has 0 aliphatic carbocycles. The average molecular weight is 451 g/mol. The number of hydrogen-bond donors (Lipinski definition) is 2. The van der Waals surface area contributed by atoms with Crippen molar-refractivity contribution in [2.24, 2.45) is 5.84 Å². The Balaban J connectivity index is 2.13. The summed E-state index contributed by atoms with van der Waals surface area (Å²) >= 11 is -3.21. The van der Waals surface area contributed by atoms with Gasteiger partial charge in [0.1, 0.15) is 0 Å². The van der Waals surface area contributed by atoms with Gasteiger partial charge in [-0.25, -0.2) is 0 Å². The van der Waals surface area contributed by atoms with Crippen LogP contribution in [0.2, 0.25) is 4.44 Å². The van der Waals surface area contributed by atoms with Crippen molar-refractivity contribution in [3.8, 4) is 0 Å². The number of hydrogen-bond acceptors (Lipinski definition) is 2. The zero-order chi connectivity index (χ0) is 18.2. The molecule has 26 heavy (non-hydrogen) atoms. The summed E-state index contributed by atoms with van der Waals surface area (Å²) < 4.78 is 5.34. The van der Waals surface area contributed by atoms with E-state index in [1.165, 1.54) is 10.7 Å². The van der Waals surface area contributed by atoms with E-state index in [-0.39, 0.29) is 5.91 Å². The molecule has 3 aromatic rings.